The summed E-state index contributed by atoms with van der Waals surface area (Å²) in [5, 5.41) is 20.4. The number of aliphatic carboxylic acids is 2. The van der Waals surface area contributed by atoms with Crippen molar-refractivity contribution in [2.45, 2.75) is 19.5 Å². The molecule has 1 aliphatic rings. The summed E-state index contributed by atoms with van der Waals surface area (Å²) < 4.78 is 1.55. The zero-order valence-electron chi connectivity index (χ0n) is 15.8. The molecule has 8 heteroatoms. The van der Waals surface area contributed by atoms with Gasteiger partial charge in [-0.1, -0.05) is 29.8 Å². The average molecular weight is 406 g/mol. The summed E-state index contributed by atoms with van der Waals surface area (Å²) in [5.41, 5.74) is 2.29. The minimum atomic E-state index is -0.997. The third-order valence-electron chi connectivity index (χ3n) is 4.97. The molecule has 150 valence electrons. The maximum absolute atomic E-state index is 12.2. The lowest BCUT2D eigenvalue weighted by atomic mass is 10.0. The van der Waals surface area contributed by atoms with Gasteiger partial charge < -0.3 is 14.8 Å². The smallest absolute Gasteiger partial charge is 0.325 e. The van der Waals surface area contributed by atoms with E-state index >= 15 is 0 Å². The molecule has 0 aliphatic carbocycles. The van der Waals surface area contributed by atoms with E-state index in [4.69, 9.17) is 11.6 Å². The number of fused-ring (bicyclic) bond motifs is 1. The van der Waals surface area contributed by atoms with E-state index in [-0.39, 0.29) is 6.54 Å². The normalized spacial score (nSPS) is 16.9. The van der Waals surface area contributed by atoms with Gasteiger partial charge in [0.1, 0.15) is 12.6 Å². The lowest BCUT2D eigenvalue weighted by molar-refractivity contribution is -0.144. The fraction of sp³-hybridized carbons (Fsp3) is 0.400. The van der Waals surface area contributed by atoms with Gasteiger partial charge in [-0.2, -0.15) is 0 Å². The lowest BCUT2D eigenvalue weighted by Crippen LogP contribution is -2.49. The Morgan fingerprint density at radius 3 is 2.43 bits per heavy atom. The van der Waals surface area contributed by atoms with Gasteiger partial charge in [0.15, 0.2) is 0 Å². The number of carbonyl (C=O) groups is 2. The molecule has 2 heterocycles. The number of hydrogen-bond acceptors (Lipinski definition) is 4. The molecule has 0 amide bonds. The van der Waals surface area contributed by atoms with Crippen LogP contribution in [0.1, 0.15) is 18.5 Å². The van der Waals surface area contributed by atoms with E-state index in [1.807, 2.05) is 11.8 Å². The average Bonchev–Trinajstić information content (AvgIpc) is 2.92. The minimum absolute atomic E-state index is 0.254. The summed E-state index contributed by atoms with van der Waals surface area (Å²) in [5.74, 6) is -1.94. The van der Waals surface area contributed by atoms with E-state index < -0.39 is 18.0 Å². The molecule has 2 aromatic rings. The molecule has 7 nitrogen and oxygen atoms in total. The maximum Gasteiger partial charge on any atom is 0.325 e. The molecule has 0 bridgehead atoms. The number of rotatable bonds is 7. The topological polar surface area (TPSA) is 86.0 Å². The Bertz CT molecular complexity index is 916. The number of halogens is 1. The van der Waals surface area contributed by atoms with Gasteiger partial charge in [-0.25, -0.2) is 0 Å². The van der Waals surface area contributed by atoms with E-state index in [1.165, 1.54) is 0 Å². The van der Waals surface area contributed by atoms with Crippen LogP contribution in [0.25, 0.3) is 10.9 Å². The summed E-state index contributed by atoms with van der Waals surface area (Å²) in [4.78, 5) is 27.6. The van der Waals surface area contributed by atoms with Crippen molar-refractivity contribution in [3.63, 3.8) is 0 Å². The van der Waals surface area contributed by atoms with Crippen molar-refractivity contribution in [2.24, 2.45) is 0 Å². The zero-order valence-corrected chi connectivity index (χ0v) is 16.5. The first kappa shape index (κ1) is 20.4. The van der Waals surface area contributed by atoms with Crippen LogP contribution in [0.3, 0.4) is 0 Å². The highest BCUT2D eigenvalue weighted by molar-refractivity contribution is 6.31. The number of piperazine rings is 1. The van der Waals surface area contributed by atoms with Gasteiger partial charge in [-0.15, -0.1) is 0 Å². The molecule has 1 atom stereocenters. The molecular weight excluding hydrogens is 382 g/mol. The fourth-order valence-corrected chi connectivity index (χ4v) is 4.00. The quantitative estimate of drug-likeness (QED) is 0.689. The van der Waals surface area contributed by atoms with E-state index in [0.717, 1.165) is 25.2 Å². The van der Waals surface area contributed by atoms with Crippen LogP contribution in [0, 0.1) is 0 Å². The SMILES string of the molecule is C=C(C)CN1CCN(C(C(=O)O)c2cn(CC(=O)O)c3cc(Cl)ccc23)CC1. The predicted molar refractivity (Wildman–Crippen MR) is 108 cm³/mol. The number of carboxylic acid groups (broad SMARTS) is 2. The Morgan fingerprint density at radius 2 is 1.86 bits per heavy atom. The Balaban J connectivity index is 1.95. The van der Waals surface area contributed by atoms with Gasteiger partial charge in [0, 0.05) is 54.9 Å². The molecule has 1 saturated heterocycles. The Kier molecular flexibility index (Phi) is 6.07. The molecule has 1 aliphatic heterocycles. The number of nitrogens with zero attached hydrogens (tertiary/aromatic N) is 3. The van der Waals surface area contributed by atoms with Crippen molar-refractivity contribution in [1.82, 2.24) is 14.4 Å². The molecule has 1 aromatic carbocycles. The van der Waals surface area contributed by atoms with Crippen LogP contribution in [-0.2, 0) is 16.1 Å². The molecule has 1 aromatic heterocycles. The van der Waals surface area contributed by atoms with Crippen molar-refractivity contribution in [1.29, 1.82) is 0 Å². The number of hydrogen-bond donors (Lipinski definition) is 2. The number of carboxylic acids is 2. The third kappa shape index (κ3) is 4.38. The van der Waals surface area contributed by atoms with E-state index in [0.29, 0.717) is 34.6 Å². The van der Waals surface area contributed by atoms with Crippen molar-refractivity contribution < 1.29 is 19.8 Å². The first-order valence-electron chi connectivity index (χ1n) is 9.10. The van der Waals surface area contributed by atoms with E-state index in [2.05, 4.69) is 11.5 Å². The van der Waals surface area contributed by atoms with Crippen LogP contribution in [-0.4, -0.2) is 69.2 Å². The maximum atomic E-state index is 12.2. The van der Waals surface area contributed by atoms with Gasteiger partial charge in [0.25, 0.3) is 0 Å². The van der Waals surface area contributed by atoms with Gasteiger partial charge in [0.05, 0.1) is 5.52 Å². The second-order valence-corrected chi connectivity index (χ2v) is 7.71. The summed E-state index contributed by atoms with van der Waals surface area (Å²) >= 11 is 6.08. The van der Waals surface area contributed by atoms with Crippen LogP contribution < -0.4 is 0 Å². The highest BCUT2D eigenvalue weighted by Gasteiger charge is 2.32. The molecule has 0 saturated carbocycles. The highest BCUT2D eigenvalue weighted by atomic mass is 35.5. The largest absolute Gasteiger partial charge is 0.480 e. The molecule has 3 rings (SSSR count). The molecule has 28 heavy (non-hydrogen) atoms. The van der Waals surface area contributed by atoms with Crippen LogP contribution in [0.4, 0.5) is 0 Å². The van der Waals surface area contributed by atoms with Crippen LogP contribution in [0.2, 0.25) is 5.02 Å². The predicted octanol–water partition coefficient (Wildman–Crippen LogP) is 2.70. The fourth-order valence-electron chi connectivity index (χ4n) is 3.84. The molecule has 0 radical (unpaired) electrons. The van der Waals surface area contributed by atoms with Crippen LogP contribution in [0.15, 0.2) is 36.5 Å². The first-order valence-corrected chi connectivity index (χ1v) is 9.47. The number of aromatic nitrogens is 1. The number of benzene rings is 1. The molecular formula is C20H24ClN3O4. The van der Waals surface area contributed by atoms with E-state index in [9.17, 15) is 19.8 Å². The van der Waals surface area contributed by atoms with Crippen molar-refractivity contribution in [3.05, 3.63) is 47.1 Å². The Hall–Kier alpha value is -2.35. The summed E-state index contributed by atoms with van der Waals surface area (Å²) in [6.07, 6.45) is 1.63. The monoisotopic (exact) mass is 405 g/mol. The molecule has 1 fully saturated rings. The van der Waals surface area contributed by atoms with Crippen molar-refractivity contribution in [3.8, 4) is 0 Å². The van der Waals surface area contributed by atoms with Gasteiger partial charge in [-0.05, 0) is 19.1 Å². The minimum Gasteiger partial charge on any atom is -0.480 e. The van der Waals surface area contributed by atoms with E-state index in [1.54, 1.807) is 29.0 Å². The summed E-state index contributed by atoms with van der Waals surface area (Å²) in [7, 11) is 0. The molecule has 0 spiro atoms. The first-order chi connectivity index (χ1) is 13.3. The summed E-state index contributed by atoms with van der Waals surface area (Å²) in [6.45, 7) is 9.22. The molecule has 1 unspecified atom stereocenters. The Morgan fingerprint density at radius 1 is 1.18 bits per heavy atom. The van der Waals surface area contributed by atoms with Crippen LogP contribution in [0.5, 0.6) is 0 Å². The highest BCUT2D eigenvalue weighted by Crippen LogP contribution is 2.32. The van der Waals surface area contributed by atoms with Gasteiger partial charge in [-0.3, -0.25) is 19.4 Å². The van der Waals surface area contributed by atoms with Crippen molar-refractivity contribution >= 4 is 34.4 Å². The Labute approximate surface area is 168 Å². The standard InChI is InChI=1S/C20H24ClN3O4/c1-13(2)10-22-5-7-23(8-6-22)19(20(27)28)16-11-24(12-18(25)26)17-9-14(21)3-4-15(16)17/h3-4,9,11,19H,1,5-8,10,12H2,2H3,(H,25,26)(H,27,28). The lowest BCUT2D eigenvalue weighted by Gasteiger charge is -2.37. The van der Waals surface area contributed by atoms with Crippen molar-refractivity contribution in [2.75, 3.05) is 32.7 Å². The third-order valence-corrected chi connectivity index (χ3v) is 5.21. The summed E-state index contributed by atoms with van der Waals surface area (Å²) in [6, 6.07) is 4.29. The second kappa shape index (κ2) is 8.34. The van der Waals surface area contributed by atoms with Gasteiger partial charge in [0.2, 0.25) is 0 Å². The second-order valence-electron chi connectivity index (χ2n) is 7.28. The molecule has 2 N–H and O–H groups in total. The van der Waals surface area contributed by atoms with Crippen LogP contribution >= 0.6 is 11.6 Å². The zero-order chi connectivity index (χ0) is 20.4. The van der Waals surface area contributed by atoms with Gasteiger partial charge >= 0.3 is 11.9 Å².